The largest absolute Gasteiger partial charge is 0.382 e. The number of hydrogen-bond donors (Lipinski definition) is 2. The Balaban J connectivity index is 2.04. The number of nitrogens with one attached hydrogen (secondary N) is 1. The van der Waals surface area contributed by atoms with E-state index in [1.807, 2.05) is 30.3 Å². The predicted molar refractivity (Wildman–Crippen MR) is 90.3 cm³/mol. The summed E-state index contributed by atoms with van der Waals surface area (Å²) in [4.78, 5) is 20.2. The van der Waals surface area contributed by atoms with Gasteiger partial charge in [-0.3, -0.25) is 4.79 Å². The van der Waals surface area contributed by atoms with Crippen LogP contribution in [0.2, 0.25) is 0 Å². The Bertz CT molecular complexity index is 620. The summed E-state index contributed by atoms with van der Waals surface area (Å²) in [6, 6.07) is 2.05. The van der Waals surface area contributed by atoms with Crippen LogP contribution in [-0.4, -0.2) is 24.5 Å². The molecule has 21 heavy (non-hydrogen) atoms. The summed E-state index contributed by atoms with van der Waals surface area (Å²) in [5.41, 5.74) is 7.06. The first-order chi connectivity index (χ1) is 10.0. The van der Waals surface area contributed by atoms with E-state index in [0.29, 0.717) is 17.2 Å². The minimum atomic E-state index is -0.158. The number of aromatic nitrogens is 1. The normalized spacial score (nSPS) is 10.6. The third-order valence-corrected chi connectivity index (χ3v) is 5.32. The van der Waals surface area contributed by atoms with Crippen molar-refractivity contribution in [3.63, 3.8) is 0 Å². The van der Waals surface area contributed by atoms with E-state index >= 15 is 0 Å². The number of carbonyl (C=O) groups excluding carboxylic acids is 1. The summed E-state index contributed by atoms with van der Waals surface area (Å²) in [7, 11) is 1.96. The number of nitrogens with zero attached hydrogens (tertiary/aromatic N) is 2. The molecule has 3 N–H and O–H groups in total. The number of anilines is 2. The van der Waals surface area contributed by atoms with Gasteiger partial charge < -0.3 is 16.0 Å². The van der Waals surface area contributed by atoms with Gasteiger partial charge in [-0.15, -0.1) is 11.3 Å². The standard InChI is InChI=1S/C14H20N4OS2/c1-4-6-18(3)14-17-12(15)11(21-14)13(19)16-8-10-9(2)5-7-20-10/h5,7H,4,6,8,15H2,1-3H3,(H,16,19). The van der Waals surface area contributed by atoms with Crippen molar-refractivity contribution in [2.24, 2.45) is 0 Å². The summed E-state index contributed by atoms with van der Waals surface area (Å²) >= 11 is 2.98. The van der Waals surface area contributed by atoms with Crippen molar-refractivity contribution in [2.75, 3.05) is 24.2 Å². The fourth-order valence-electron chi connectivity index (χ4n) is 1.90. The monoisotopic (exact) mass is 324 g/mol. The van der Waals surface area contributed by atoms with Gasteiger partial charge in [0.25, 0.3) is 5.91 Å². The highest BCUT2D eigenvalue weighted by Crippen LogP contribution is 2.27. The molecule has 5 nitrogen and oxygen atoms in total. The van der Waals surface area contributed by atoms with Crippen LogP contribution in [0.4, 0.5) is 10.9 Å². The zero-order valence-corrected chi connectivity index (χ0v) is 14.1. The van der Waals surface area contributed by atoms with Gasteiger partial charge in [0.15, 0.2) is 5.13 Å². The molecule has 0 aliphatic carbocycles. The molecule has 0 unspecified atom stereocenters. The minimum absolute atomic E-state index is 0.158. The number of nitrogens with two attached hydrogens (primary N) is 1. The van der Waals surface area contributed by atoms with Crippen LogP contribution in [0.5, 0.6) is 0 Å². The fourth-order valence-corrected chi connectivity index (χ4v) is 3.64. The Hall–Kier alpha value is -1.60. The highest BCUT2D eigenvalue weighted by atomic mass is 32.1. The number of aryl methyl sites for hydroxylation is 1. The number of rotatable bonds is 6. The molecular weight excluding hydrogens is 304 g/mol. The summed E-state index contributed by atoms with van der Waals surface area (Å²) in [5.74, 6) is 0.146. The molecule has 0 bridgehead atoms. The molecule has 1 amide bonds. The predicted octanol–water partition coefficient (Wildman–Crippen LogP) is 2.87. The van der Waals surface area contributed by atoms with Crippen molar-refractivity contribution in [3.05, 3.63) is 26.8 Å². The second kappa shape index (κ2) is 6.91. The Kier molecular flexibility index (Phi) is 5.19. The second-order valence-corrected chi connectivity index (χ2v) is 6.82. The van der Waals surface area contributed by atoms with Crippen molar-refractivity contribution in [1.82, 2.24) is 10.3 Å². The lowest BCUT2D eigenvalue weighted by Gasteiger charge is -2.13. The molecule has 114 valence electrons. The summed E-state index contributed by atoms with van der Waals surface area (Å²) in [6.07, 6.45) is 1.02. The van der Waals surface area contributed by atoms with Crippen LogP contribution in [0.1, 0.15) is 33.5 Å². The van der Waals surface area contributed by atoms with E-state index < -0.39 is 0 Å². The number of amides is 1. The fraction of sp³-hybridized carbons (Fsp3) is 0.429. The molecule has 0 aromatic carbocycles. The number of hydrogen-bond acceptors (Lipinski definition) is 6. The van der Waals surface area contributed by atoms with Crippen LogP contribution in [0.25, 0.3) is 0 Å². The van der Waals surface area contributed by atoms with Crippen molar-refractivity contribution in [1.29, 1.82) is 0 Å². The van der Waals surface area contributed by atoms with Crippen LogP contribution in [0, 0.1) is 6.92 Å². The first-order valence-corrected chi connectivity index (χ1v) is 8.51. The molecule has 2 aromatic rings. The van der Waals surface area contributed by atoms with E-state index in [1.54, 1.807) is 11.3 Å². The van der Waals surface area contributed by atoms with Gasteiger partial charge in [0, 0.05) is 18.5 Å². The molecule has 0 saturated carbocycles. The SMILES string of the molecule is CCCN(C)c1nc(N)c(C(=O)NCc2sccc2C)s1. The molecule has 2 heterocycles. The Morgan fingerprint density at radius 2 is 2.29 bits per heavy atom. The van der Waals surface area contributed by atoms with Crippen LogP contribution in [-0.2, 0) is 6.54 Å². The molecule has 2 rings (SSSR count). The van der Waals surface area contributed by atoms with E-state index in [-0.39, 0.29) is 5.91 Å². The average molecular weight is 324 g/mol. The Labute approximate surface area is 132 Å². The molecule has 0 saturated heterocycles. The molecule has 0 spiro atoms. The maximum atomic E-state index is 12.2. The third-order valence-electron chi connectivity index (χ3n) is 3.11. The van der Waals surface area contributed by atoms with Gasteiger partial charge in [-0.25, -0.2) is 4.98 Å². The molecule has 0 atom stereocenters. The van der Waals surface area contributed by atoms with Crippen LogP contribution in [0.15, 0.2) is 11.4 Å². The lowest BCUT2D eigenvalue weighted by atomic mass is 10.3. The molecule has 0 fully saturated rings. The number of thiophene rings is 1. The zero-order chi connectivity index (χ0) is 15.4. The number of carbonyl (C=O) groups is 1. The lowest BCUT2D eigenvalue weighted by molar-refractivity contribution is 0.0956. The van der Waals surface area contributed by atoms with Crippen LogP contribution >= 0.6 is 22.7 Å². The summed E-state index contributed by atoms with van der Waals surface area (Å²) in [5, 5.41) is 5.72. The molecule has 7 heteroatoms. The smallest absolute Gasteiger partial charge is 0.265 e. The van der Waals surface area contributed by atoms with E-state index in [2.05, 4.69) is 17.2 Å². The molecular formula is C14H20N4OS2. The van der Waals surface area contributed by atoms with Gasteiger partial charge in [-0.05, 0) is 30.4 Å². The summed E-state index contributed by atoms with van der Waals surface area (Å²) < 4.78 is 0. The van der Waals surface area contributed by atoms with Crippen molar-refractivity contribution in [2.45, 2.75) is 26.8 Å². The first-order valence-electron chi connectivity index (χ1n) is 6.81. The number of thiazole rings is 1. The minimum Gasteiger partial charge on any atom is -0.382 e. The topological polar surface area (TPSA) is 71.2 Å². The van der Waals surface area contributed by atoms with E-state index in [0.717, 1.165) is 23.0 Å². The van der Waals surface area contributed by atoms with Crippen LogP contribution in [0.3, 0.4) is 0 Å². The quantitative estimate of drug-likeness (QED) is 0.857. The second-order valence-electron chi connectivity index (χ2n) is 4.84. The average Bonchev–Trinajstić information content (AvgIpc) is 3.02. The Morgan fingerprint density at radius 3 is 2.90 bits per heavy atom. The van der Waals surface area contributed by atoms with Gasteiger partial charge >= 0.3 is 0 Å². The molecule has 0 radical (unpaired) electrons. The van der Waals surface area contributed by atoms with Gasteiger partial charge in [-0.1, -0.05) is 18.3 Å². The third kappa shape index (κ3) is 3.74. The lowest BCUT2D eigenvalue weighted by Crippen LogP contribution is -2.22. The summed E-state index contributed by atoms with van der Waals surface area (Å²) in [6.45, 7) is 5.56. The van der Waals surface area contributed by atoms with Crippen molar-refractivity contribution < 1.29 is 4.79 Å². The van der Waals surface area contributed by atoms with Crippen molar-refractivity contribution >= 4 is 39.5 Å². The maximum Gasteiger partial charge on any atom is 0.265 e. The van der Waals surface area contributed by atoms with E-state index in [4.69, 9.17) is 5.73 Å². The van der Waals surface area contributed by atoms with Crippen molar-refractivity contribution in [3.8, 4) is 0 Å². The van der Waals surface area contributed by atoms with E-state index in [1.165, 1.54) is 16.9 Å². The van der Waals surface area contributed by atoms with Gasteiger partial charge in [0.2, 0.25) is 0 Å². The highest BCUT2D eigenvalue weighted by molar-refractivity contribution is 7.18. The molecule has 0 aliphatic rings. The number of nitrogen functional groups attached to an aromatic ring is 1. The van der Waals surface area contributed by atoms with Gasteiger partial charge in [-0.2, -0.15) is 0 Å². The zero-order valence-electron chi connectivity index (χ0n) is 12.5. The van der Waals surface area contributed by atoms with Gasteiger partial charge in [0.05, 0.1) is 6.54 Å². The maximum absolute atomic E-state index is 12.2. The first kappa shape index (κ1) is 15.8. The molecule has 0 aliphatic heterocycles. The molecule has 2 aromatic heterocycles. The van der Waals surface area contributed by atoms with Gasteiger partial charge in [0.1, 0.15) is 10.7 Å². The Morgan fingerprint density at radius 1 is 1.52 bits per heavy atom. The van der Waals surface area contributed by atoms with Crippen LogP contribution < -0.4 is 16.0 Å². The highest BCUT2D eigenvalue weighted by Gasteiger charge is 2.18. The van der Waals surface area contributed by atoms with E-state index in [9.17, 15) is 4.79 Å².